The average Bonchev–Trinajstić information content (AvgIpc) is 3.26. The fourth-order valence-electron chi connectivity index (χ4n) is 3.85. The van der Waals surface area contributed by atoms with Crippen molar-refractivity contribution < 1.29 is 22.7 Å². The van der Waals surface area contributed by atoms with Crippen molar-refractivity contribution in [1.82, 2.24) is 0 Å². The van der Waals surface area contributed by atoms with Crippen LogP contribution in [0.1, 0.15) is 21.5 Å². The van der Waals surface area contributed by atoms with Gasteiger partial charge in [-0.05, 0) is 60.2 Å². The minimum absolute atomic E-state index is 0.0603. The van der Waals surface area contributed by atoms with Gasteiger partial charge in [0.05, 0.1) is 16.1 Å². The van der Waals surface area contributed by atoms with Crippen LogP contribution >= 0.6 is 0 Å². The molecule has 0 aliphatic carbocycles. The number of sulfonamides is 1. The van der Waals surface area contributed by atoms with Crippen molar-refractivity contribution in [1.29, 1.82) is 0 Å². The van der Waals surface area contributed by atoms with Gasteiger partial charge in [-0.3, -0.25) is 9.69 Å². The minimum Gasteiger partial charge on any atom is -0.423 e. The van der Waals surface area contributed by atoms with E-state index in [-0.39, 0.29) is 16.5 Å². The highest BCUT2D eigenvalue weighted by atomic mass is 32.2. The smallest absolute Gasteiger partial charge is 0.343 e. The van der Waals surface area contributed by atoms with Crippen LogP contribution in [0, 0.1) is 0 Å². The van der Waals surface area contributed by atoms with Crippen LogP contribution in [0.4, 0.5) is 5.69 Å². The molecule has 4 aromatic carbocycles. The number of hydrogen-bond donors (Lipinski definition) is 1. The summed E-state index contributed by atoms with van der Waals surface area (Å²) >= 11 is 0. The average molecular weight is 524 g/mol. The number of benzene rings is 4. The summed E-state index contributed by atoms with van der Waals surface area (Å²) < 4.78 is 28.7. The van der Waals surface area contributed by atoms with E-state index < -0.39 is 16.0 Å². The van der Waals surface area contributed by atoms with E-state index in [1.54, 1.807) is 54.6 Å². The van der Waals surface area contributed by atoms with Crippen molar-refractivity contribution in [2.45, 2.75) is 4.90 Å². The van der Waals surface area contributed by atoms with Crippen LogP contribution in [0.5, 0.6) is 5.75 Å². The number of nitrogens with zero attached hydrogens (tertiary/aromatic N) is 2. The Kier molecular flexibility index (Phi) is 6.69. The number of hydrogen-bond acceptors (Lipinski definition) is 6. The molecule has 0 unspecified atom stereocenters. The van der Waals surface area contributed by atoms with Crippen molar-refractivity contribution in [2.75, 3.05) is 4.90 Å². The monoisotopic (exact) mass is 523 g/mol. The Morgan fingerprint density at radius 1 is 0.816 bits per heavy atom. The minimum atomic E-state index is -3.88. The molecule has 0 spiro atoms. The van der Waals surface area contributed by atoms with Gasteiger partial charge in [0.1, 0.15) is 17.3 Å². The molecule has 4 aromatic rings. The zero-order chi connectivity index (χ0) is 26.7. The largest absolute Gasteiger partial charge is 0.423 e. The number of ether oxygens (including phenoxy) is 1. The third-order valence-electron chi connectivity index (χ3n) is 5.72. The highest BCUT2D eigenvalue weighted by Crippen LogP contribution is 2.29. The molecule has 8 nitrogen and oxygen atoms in total. The van der Waals surface area contributed by atoms with Gasteiger partial charge in [0.15, 0.2) is 0 Å². The Morgan fingerprint density at radius 3 is 2.03 bits per heavy atom. The zero-order valence-corrected chi connectivity index (χ0v) is 20.7. The van der Waals surface area contributed by atoms with Gasteiger partial charge in [-0.15, -0.1) is 0 Å². The molecule has 1 aliphatic rings. The predicted octanol–water partition coefficient (Wildman–Crippen LogP) is 4.39. The topological polar surface area (TPSA) is 119 Å². The fraction of sp³-hybridized carbons (Fsp3) is 0. The van der Waals surface area contributed by atoms with Gasteiger partial charge in [0.25, 0.3) is 5.91 Å². The molecule has 1 aliphatic heterocycles. The molecule has 9 heteroatoms. The normalized spacial score (nSPS) is 14.4. The van der Waals surface area contributed by atoms with Crippen LogP contribution < -0.4 is 14.8 Å². The highest BCUT2D eigenvalue weighted by Gasteiger charge is 2.32. The standard InChI is InChI=1S/C29H21N3O5S/c30-38(35,36)25-17-13-23(14-18-25)32-27(21-7-3-1-4-8-21)31-26(28(32)33)19-20-11-15-24(16-12-20)37-29(34)22-9-5-2-6-10-22/h1-19H,(H2,30,35,36)/b26-19-. The first kappa shape index (κ1) is 24.8. The lowest BCUT2D eigenvalue weighted by molar-refractivity contribution is -0.113. The molecule has 0 radical (unpaired) electrons. The Balaban J connectivity index is 1.44. The van der Waals surface area contributed by atoms with Crippen LogP contribution in [0.2, 0.25) is 0 Å². The van der Waals surface area contributed by atoms with E-state index in [9.17, 15) is 18.0 Å². The van der Waals surface area contributed by atoms with Crippen LogP contribution in [-0.4, -0.2) is 26.1 Å². The Labute approximate surface area is 219 Å². The summed E-state index contributed by atoms with van der Waals surface area (Å²) in [5.41, 5.74) is 2.46. The van der Waals surface area contributed by atoms with Gasteiger partial charge >= 0.3 is 5.97 Å². The van der Waals surface area contributed by atoms with E-state index in [1.807, 2.05) is 36.4 Å². The lowest BCUT2D eigenvalue weighted by Gasteiger charge is -2.18. The number of amidine groups is 1. The zero-order valence-electron chi connectivity index (χ0n) is 19.9. The lowest BCUT2D eigenvalue weighted by atomic mass is 10.1. The lowest BCUT2D eigenvalue weighted by Crippen LogP contribution is -2.32. The van der Waals surface area contributed by atoms with E-state index in [4.69, 9.17) is 9.88 Å². The number of aliphatic imine (C=N–C) groups is 1. The summed E-state index contributed by atoms with van der Waals surface area (Å²) in [7, 11) is -3.88. The van der Waals surface area contributed by atoms with Gasteiger partial charge in [0, 0.05) is 5.56 Å². The number of amides is 1. The molecule has 0 aromatic heterocycles. The number of rotatable bonds is 6. The third-order valence-corrected chi connectivity index (χ3v) is 6.65. The second-order valence-electron chi connectivity index (χ2n) is 8.34. The summed E-state index contributed by atoms with van der Waals surface area (Å²) in [5, 5.41) is 5.21. The van der Waals surface area contributed by atoms with E-state index >= 15 is 0 Å². The molecule has 5 rings (SSSR count). The van der Waals surface area contributed by atoms with Gasteiger partial charge in [0.2, 0.25) is 10.0 Å². The van der Waals surface area contributed by atoms with Gasteiger partial charge in [-0.2, -0.15) is 0 Å². The summed E-state index contributed by atoms with van der Waals surface area (Å²) in [5.74, 6) is -0.0851. The van der Waals surface area contributed by atoms with Crippen LogP contribution in [0.25, 0.3) is 6.08 Å². The Morgan fingerprint density at radius 2 is 1.42 bits per heavy atom. The van der Waals surface area contributed by atoms with E-state index in [0.29, 0.717) is 34.0 Å². The van der Waals surface area contributed by atoms with Gasteiger partial charge < -0.3 is 4.74 Å². The van der Waals surface area contributed by atoms with Crippen molar-refractivity contribution in [3.05, 3.63) is 132 Å². The molecule has 2 N–H and O–H groups in total. The molecule has 0 bridgehead atoms. The molecular weight excluding hydrogens is 502 g/mol. The number of carbonyl (C=O) groups excluding carboxylic acids is 2. The first-order valence-electron chi connectivity index (χ1n) is 11.5. The molecule has 1 amide bonds. The number of anilines is 1. The van der Waals surface area contributed by atoms with E-state index in [1.165, 1.54) is 29.2 Å². The maximum absolute atomic E-state index is 13.5. The fourth-order valence-corrected chi connectivity index (χ4v) is 4.37. The predicted molar refractivity (Wildman–Crippen MR) is 144 cm³/mol. The van der Waals surface area contributed by atoms with E-state index in [2.05, 4.69) is 4.99 Å². The second kappa shape index (κ2) is 10.3. The quantitative estimate of drug-likeness (QED) is 0.228. The first-order chi connectivity index (χ1) is 18.3. The van der Waals surface area contributed by atoms with Gasteiger partial charge in [-0.25, -0.2) is 23.3 Å². The highest BCUT2D eigenvalue weighted by molar-refractivity contribution is 7.89. The van der Waals surface area contributed by atoms with Crippen LogP contribution in [0.3, 0.4) is 0 Å². The Hall–Kier alpha value is -4.86. The second-order valence-corrected chi connectivity index (χ2v) is 9.90. The molecule has 1 heterocycles. The molecule has 0 fully saturated rings. The molecule has 0 saturated heterocycles. The summed E-state index contributed by atoms with van der Waals surface area (Å²) in [6.45, 7) is 0. The van der Waals surface area contributed by atoms with E-state index in [0.717, 1.165) is 0 Å². The van der Waals surface area contributed by atoms with Crippen molar-refractivity contribution in [2.24, 2.45) is 10.1 Å². The number of carbonyl (C=O) groups is 2. The maximum Gasteiger partial charge on any atom is 0.343 e. The molecule has 0 atom stereocenters. The molecular formula is C29H21N3O5S. The number of nitrogens with two attached hydrogens (primary N) is 1. The van der Waals surface area contributed by atoms with Crippen LogP contribution in [0.15, 0.2) is 125 Å². The van der Waals surface area contributed by atoms with Crippen molar-refractivity contribution in [3.8, 4) is 5.75 Å². The molecule has 38 heavy (non-hydrogen) atoms. The number of primary sulfonamides is 1. The first-order valence-corrected chi connectivity index (χ1v) is 13.0. The van der Waals surface area contributed by atoms with Crippen molar-refractivity contribution in [3.63, 3.8) is 0 Å². The third kappa shape index (κ3) is 5.29. The SMILES string of the molecule is NS(=O)(=O)c1ccc(N2C(=O)/C(=C/c3ccc(OC(=O)c4ccccc4)cc3)N=C2c2ccccc2)cc1. The van der Waals surface area contributed by atoms with Gasteiger partial charge in [-0.1, -0.05) is 60.7 Å². The number of esters is 1. The van der Waals surface area contributed by atoms with Crippen LogP contribution in [-0.2, 0) is 14.8 Å². The molecule has 0 saturated carbocycles. The maximum atomic E-state index is 13.5. The summed E-state index contributed by atoms with van der Waals surface area (Å²) in [4.78, 5) is 31.7. The Bertz CT molecular complexity index is 1660. The van der Waals surface area contributed by atoms with Crippen molar-refractivity contribution >= 4 is 39.5 Å². The summed E-state index contributed by atoms with van der Waals surface area (Å²) in [6, 6.07) is 30.3. The summed E-state index contributed by atoms with van der Waals surface area (Å²) in [6.07, 6.45) is 1.63. The molecule has 188 valence electrons.